The van der Waals surface area contributed by atoms with Gasteiger partial charge >= 0.3 is 0 Å². The normalized spacial score (nSPS) is 11.1. The Bertz CT molecular complexity index is 1890. The van der Waals surface area contributed by atoms with Gasteiger partial charge in [-0.05, 0) is 54.1 Å². The number of hydrogen-bond acceptors (Lipinski definition) is 7. The van der Waals surface area contributed by atoms with E-state index in [0.29, 0.717) is 21.1 Å². The van der Waals surface area contributed by atoms with E-state index in [2.05, 4.69) is 6.07 Å². The molecule has 0 aliphatic carbocycles. The van der Waals surface area contributed by atoms with Gasteiger partial charge in [-0.15, -0.1) is 16.4 Å². The highest BCUT2D eigenvalue weighted by molar-refractivity contribution is 7.07. The van der Waals surface area contributed by atoms with Crippen LogP contribution in [-0.4, -0.2) is 16.4 Å². The number of halogens is 1. The minimum Gasteiger partial charge on any atom is -0.497 e. The van der Waals surface area contributed by atoms with E-state index in [4.69, 9.17) is 27.2 Å². The molecule has 0 saturated carbocycles. The summed E-state index contributed by atoms with van der Waals surface area (Å²) in [5.41, 5.74) is 8.01. The summed E-state index contributed by atoms with van der Waals surface area (Å²) in [5, 5.41) is 27.0. The number of nitrogens with zero attached hydrogens (tertiary/aromatic N) is 5. The second kappa shape index (κ2) is 10.7. The monoisotopic (exact) mass is 550 g/mol. The molecular weight excluding hydrogens is 532 g/mol. The number of nitriles is 2. The molecule has 0 fully saturated rings. The van der Waals surface area contributed by atoms with Crippen LogP contribution in [0.2, 0.25) is 5.02 Å². The van der Waals surface area contributed by atoms with Crippen molar-refractivity contribution in [2.24, 2.45) is 5.10 Å². The summed E-state index contributed by atoms with van der Waals surface area (Å²) in [6.45, 7) is 0. The first kappa shape index (κ1) is 25.6. The van der Waals surface area contributed by atoms with Crippen molar-refractivity contribution in [3.8, 4) is 46.1 Å². The maximum absolute atomic E-state index is 13.6. The Morgan fingerprint density at radius 1 is 0.923 bits per heavy atom. The number of hydrogen-bond donors (Lipinski definition) is 1. The molecule has 5 aromatic rings. The lowest BCUT2D eigenvalue weighted by Gasteiger charge is -2.14. The average molecular weight is 551 g/mol. The van der Waals surface area contributed by atoms with E-state index in [9.17, 15) is 15.3 Å². The Morgan fingerprint density at radius 3 is 2.18 bits per heavy atom. The molecule has 0 unspecified atom stereocenters. The Kier molecular flexibility index (Phi) is 7.02. The summed E-state index contributed by atoms with van der Waals surface area (Å²) < 4.78 is 8.22. The SMILES string of the molecule is COc1ccc(-c2c(C#N)c(N)c(C#N)c(=O)n2/N=c2\scc(-c3ccc(Cl)cc3)n2-c2ccccc2)cc1. The van der Waals surface area contributed by atoms with Gasteiger partial charge in [0.15, 0.2) is 0 Å². The highest BCUT2D eigenvalue weighted by Crippen LogP contribution is 2.30. The topological polar surface area (TPSA) is 122 Å². The van der Waals surface area contributed by atoms with E-state index in [1.807, 2.05) is 58.5 Å². The highest BCUT2D eigenvalue weighted by atomic mass is 35.5. The summed E-state index contributed by atoms with van der Waals surface area (Å²) in [7, 11) is 1.54. The van der Waals surface area contributed by atoms with Crippen LogP contribution >= 0.6 is 22.9 Å². The third kappa shape index (κ3) is 4.69. The molecule has 0 amide bonds. The zero-order valence-electron chi connectivity index (χ0n) is 20.5. The molecule has 0 saturated heterocycles. The molecule has 39 heavy (non-hydrogen) atoms. The molecule has 10 heteroatoms. The largest absolute Gasteiger partial charge is 0.497 e. The molecule has 0 spiro atoms. The standard InChI is InChI=1S/C29H19ClN6O2S/c1-38-22-13-9-19(10-14-22)27-23(15-31)26(33)24(16-32)28(37)36(27)34-29-35(21-5-3-2-4-6-21)25(17-39-29)18-7-11-20(30)12-8-18/h2-14,17H,33H2,1H3/b34-29-. The highest BCUT2D eigenvalue weighted by Gasteiger charge is 2.22. The van der Waals surface area contributed by atoms with Gasteiger partial charge in [0.05, 0.1) is 24.2 Å². The van der Waals surface area contributed by atoms with E-state index in [-0.39, 0.29) is 22.5 Å². The van der Waals surface area contributed by atoms with Gasteiger partial charge < -0.3 is 10.5 Å². The molecule has 0 atom stereocenters. The summed E-state index contributed by atoms with van der Waals surface area (Å²) in [6.07, 6.45) is 0. The van der Waals surface area contributed by atoms with Crippen LogP contribution in [0.3, 0.4) is 0 Å². The number of rotatable bonds is 5. The minimum atomic E-state index is -0.735. The van der Waals surface area contributed by atoms with Crippen LogP contribution in [0.1, 0.15) is 11.1 Å². The van der Waals surface area contributed by atoms with Gasteiger partial charge in [-0.3, -0.25) is 9.36 Å². The number of benzene rings is 3. The van der Waals surface area contributed by atoms with Crippen LogP contribution in [0.5, 0.6) is 5.75 Å². The second-order valence-corrected chi connectivity index (χ2v) is 9.54. The molecule has 8 nitrogen and oxygen atoms in total. The van der Waals surface area contributed by atoms with Gasteiger partial charge in [-0.25, -0.2) is 0 Å². The molecular formula is C29H19ClN6O2S. The Morgan fingerprint density at radius 2 is 1.56 bits per heavy atom. The molecule has 0 bridgehead atoms. The van der Waals surface area contributed by atoms with Gasteiger partial charge in [-0.1, -0.05) is 41.9 Å². The molecule has 2 N–H and O–H groups in total. The molecule has 190 valence electrons. The fourth-order valence-electron chi connectivity index (χ4n) is 4.13. The van der Waals surface area contributed by atoms with E-state index in [1.165, 1.54) is 18.4 Å². The van der Waals surface area contributed by atoms with Crippen molar-refractivity contribution < 1.29 is 4.74 Å². The van der Waals surface area contributed by atoms with E-state index in [1.54, 1.807) is 36.4 Å². The predicted molar refractivity (Wildman–Crippen MR) is 152 cm³/mol. The van der Waals surface area contributed by atoms with Gasteiger partial charge in [0.25, 0.3) is 5.56 Å². The van der Waals surface area contributed by atoms with Crippen LogP contribution in [0.25, 0.3) is 28.2 Å². The number of nitrogen functional groups attached to an aromatic ring is 1. The Hall–Kier alpha value is -5.09. The first-order chi connectivity index (χ1) is 19.0. The lowest BCUT2D eigenvalue weighted by molar-refractivity contribution is 0.415. The molecule has 2 heterocycles. The summed E-state index contributed by atoms with van der Waals surface area (Å²) in [5.74, 6) is 0.595. The minimum absolute atomic E-state index is 0.0270. The maximum Gasteiger partial charge on any atom is 0.291 e. The molecule has 5 rings (SSSR count). The number of aromatic nitrogens is 2. The third-order valence-electron chi connectivity index (χ3n) is 6.03. The number of para-hydroxylation sites is 1. The summed E-state index contributed by atoms with van der Waals surface area (Å²) >= 11 is 7.42. The molecule has 3 aromatic carbocycles. The molecule has 0 radical (unpaired) electrons. The first-order valence-electron chi connectivity index (χ1n) is 11.6. The lowest BCUT2D eigenvalue weighted by Crippen LogP contribution is -2.27. The number of thiazole rings is 1. The first-order valence-corrected chi connectivity index (χ1v) is 12.8. The van der Waals surface area contributed by atoms with E-state index >= 15 is 0 Å². The van der Waals surface area contributed by atoms with Gasteiger partial charge in [0.2, 0.25) is 4.80 Å². The molecule has 2 aromatic heterocycles. The van der Waals surface area contributed by atoms with E-state index in [0.717, 1.165) is 21.6 Å². The van der Waals surface area contributed by atoms with Crippen molar-refractivity contribution in [2.45, 2.75) is 0 Å². The van der Waals surface area contributed by atoms with Gasteiger partial charge in [0, 0.05) is 21.7 Å². The fourth-order valence-corrected chi connectivity index (χ4v) is 5.15. The summed E-state index contributed by atoms with van der Waals surface area (Å²) in [4.78, 5) is 14.0. The van der Waals surface area contributed by atoms with Crippen LogP contribution in [0, 0.1) is 22.7 Å². The van der Waals surface area contributed by atoms with Crippen LogP contribution in [0.4, 0.5) is 5.69 Å². The number of methoxy groups -OCH3 is 1. The maximum atomic E-state index is 13.6. The number of anilines is 1. The quantitative estimate of drug-likeness (QED) is 0.314. The molecule has 0 aliphatic heterocycles. The average Bonchev–Trinajstić information content (AvgIpc) is 3.39. The van der Waals surface area contributed by atoms with E-state index < -0.39 is 5.56 Å². The molecule has 0 aliphatic rings. The van der Waals surface area contributed by atoms with Crippen molar-refractivity contribution in [1.82, 2.24) is 9.24 Å². The Balaban J connectivity index is 1.88. The van der Waals surface area contributed by atoms with Gasteiger partial charge in [0.1, 0.15) is 29.0 Å². The fraction of sp³-hybridized carbons (Fsp3) is 0.0345. The number of nitrogens with two attached hydrogens (primary N) is 1. The van der Waals surface area contributed by atoms with Gasteiger partial charge in [-0.2, -0.15) is 15.2 Å². The van der Waals surface area contributed by atoms with Crippen molar-refractivity contribution in [3.05, 3.63) is 116 Å². The van der Waals surface area contributed by atoms with Crippen LogP contribution in [0.15, 0.2) is 94.1 Å². The zero-order valence-corrected chi connectivity index (χ0v) is 22.1. The number of ether oxygens (including phenoxy) is 1. The Labute approximate surface area is 232 Å². The smallest absolute Gasteiger partial charge is 0.291 e. The van der Waals surface area contributed by atoms with Crippen LogP contribution < -0.4 is 20.8 Å². The predicted octanol–water partition coefficient (Wildman–Crippen LogP) is 5.39. The zero-order chi connectivity index (χ0) is 27.5. The van der Waals surface area contributed by atoms with Crippen LogP contribution in [-0.2, 0) is 0 Å². The number of pyridine rings is 1. The van der Waals surface area contributed by atoms with Crippen molar-refractivity contribution in [2.75, 3.05) is 12.8 Å². The van der Waals surface area contributed by atoms with Crippen molar-refractivity contribution in [3.63, 3.8) is 0 Å². The summed E-state index contributed by atoms with van der Waals surface area (Å²) in [6, 6.07) is 27.6. The second-order valence-electron chi connectivity index (χ2n) is 8.26. The lowest BCUT2D eigenvalue weighted by atomic mass is 10.0. The third-order valence-corrected chi connectivity index (χ3v) is 7.10. The van der Waals surface area contributed by atoms with Crippen molar-refractivity contribution in [1.29, 1.82) is 10.5 Å². The van der Waals surface area contributed by atoms with Crippen molar-refractivity contribution >= 4 is 28.6 Å².